The van der Waals surface area contributed by atoms with Crippen molar-refractivity contribution in [2.45, 2.75) is 32.5 Å². The monoisotopic (exact) mass is 305 g/mol. The average Bonchev–Trinajstić information content (AvgIpc) is 2.98. The molecule has 0 saturated heterocycles. The van der Waals surface area contributed by atoms with Gasteiger partial charge in [-0.3, -0.25) is 0 Å². The van der Waals surface area contributed by atoms with Crippen molar-refractivity contribution in [1.29, 1.82) is 0 Å². The molecule has 2 heterocycles. The largest absolute Gasteiger partial charge is 0.483 e. The Hall–Kier alpha value is -2.08. The first kappa shape index (κ1) is 13.9. The van der Waals surface area contributed by atoms with Gasteiger partial charge in [-0.15, -0.1) is 11.3 Å². The molecule has 0 saturated carbocycles. The van der Waals surface area contributed by atoms with E-state index in [4.69, 9.17) is 14.6 Å². The van der Waals surface area contributed by atoms with Gasteiger partial charge < -0.3 is 14.6 Å². The zero-order valence-electron chi connectivity index (χ0n) is 11.8. The topological polar surface area (TPSA) is 68.7 Å². The van der Waals surface area contributed by atoms with Gasteiger partial charge in [0.05, 0.1) is 5.69 Å². The third-order valence-electron chi connectivity index (χ3n) is 3.17. The molecule has 1 aliphatic rings. The van der Waals surface area contributed by atoms with Gasteiger partial charge in [-0.2, -0.15) is 0 Å². The lowest BCUT2D eigenvalue weighted by atomic mass is 10.0. The van der Waals surface area contributed by atoms with Crippen LogP contribution in [0.5, 0.6) is 11.5 Å². The Morgan fingerprint density at radius 3 is 3.05 bits per heavy atom. The van der Waals surface area contributed by atoms with E-state index in [1.807, 2.05) is 32.0 Å². The molecule has 0 atom stereocenters. The number of rotatable bonds is 4. The van der Waals surface area contributed by atoms with Crippen LogP contribution >= 0.6 is 11.3 Å². The van der Waals surface area contributed by atoms with Crippen LogP contribution in [0.1, 0.15) is 34.9 Å². The number of ether oxygens (including phenoxy) is 2. The summed E-state index contributed by atoms with van der Waals surface area (Å²) < 4.78 is 11.7. The molecule has 110 valence electrons. The minimum atomic E-state index is -1.02. The molecule has 1 aromatic carbocycles. The summed E-state index contributed by atoms with van der Waals surface area (Å²) >= 11 is 1.10. The zero-order valence-corrected chi connectivity index (χ0v) is 12.6. The molecule has 0 fully saturated rings. The van der Waals surface area contributed by atoms with E-state index in [1.165, 1.54) is 0 Å². The number of hydrogen-bond donors (Lipinski definition) is 1. The Kier molecular flexibility index (Phi) is 3.33. The van der Waals surface area contributed by atoms with Gasteiger partial charge in [-0.25, -0.2) is 9.78 Å². The number of aromatic nitrogens is 1. The van der Waals surface area contributed by atoms with Crippen molar-refractivity contribution in [3.8, 4) is 11.5 Å². The van der Waals surface area contributed by atoms with Crippen LogP contribution in [0.25, 0.3) is 0 Å². The van der Waals surface area contributed by atoms with E-state index >= 15 is 0 Å². The Labute approximate surface area is 126 Å². The van der Waals surface area contributed by atoms with E-state index in [9.17, 15) is 4.79 Å². The first-order chi connectivity index (χ1) is 9.94. The molecular weight excluding hydrogens is 290 g/mol. The molecular formula is C15H15NO4S. The number of benzene rings is 1. The fraction of sp³-hybridized carbons (Fsp3) is 0.333. The number of carboxylic acid groups (broad SMARTS) is 1. The van der Waals surface area contributed by atoms with Gasteiger partial charge >= 0.3 is 5.97 Å². The van der Waals surface area contributed by atoms with Gasteiger partial charge in [0.25, 0.3) is 0 Å². The zero-order chi connectivity index (χ0) is 15.0. The van der Waals surface area contributed by atoms with Gasteiger partial charge in [0.1, 0.15) is 12.2 Å². The van der Waals surface area contributed by atoms with Crippen LogP contribution in [0.2, 0.25) is 0 Å². The van der Waals surface area contributed by atoms with E-state index in [0.717, 1.165) is 29.1 Å². The summed E-state index contributed by atoms with van der Waals surface area (Å²) in [4.78, 5) is 14.8. The lowest BCUT2D eigenvalue weighted by Crippen LogP contribution is -2.24. The molecule has 3 rings (SSSR count). The summed E-state index contributed by atoms with van der Waals surface area (Å²) in [7, 11) is 0. The first-order valence-corrected chi connectivity index (χ1v) is 7.44. The first-order valence-electron chi connectivity index (χ1n) is 6.56. The molecule has 0 amide bonds. The third-order valence-corrected chi connectivity index (χ3v) is 4.04. The van der Waals surface area contributed by atoms with Crippen LogP contribution in [0.15, 0.2) is 23.6 Å². The number of thiazole rings is 1. The van der Waals surface area contributed by atoms with Gasteiger partial charge in [-0.1, -0.05) is 12.1 Å². The Morgan fingerprint density at radius 2 is 2.33 bits per heavy atom. The van der Waals surface area contributed by atoms with Crippen molar-refractivity contribution in [3.05, 3.63) is 39.8 Å². The summed E-state index contributed by atoms with van der Waals surface area (Å²) in [5.41, 5.74) is 1.51. The minimum absolute atomic E-state index is 0.0734. The second-order valence-corrected chi connectivity index (χ2v) is 6.38. The van der Waals surface area contributed by atoms with Crippen LogP contribution < -0.4 is 9.47 Å². The highest BCUT2D eigenvalue weighted by Crippen LogP contribution is 2.41. The SMILES string of the molecule is CC1(C)Cc2cccc(OCc3csc(C(=O)O)n3)c2O1. The number of carbonyl (C=O) groups is 1. The molecule has 21 heavy (non-hydrogen) atoms. The molecule has 1 aromatic heterocycles. The fourth-order valence-corrected chi connectivity index (χ4v) is 2.96. The average molecular weight is 305 g/mol. The summed E-state index contributed by atoms with van der Waals surface area (Å²) in [6.07, 6.45) is 0.847. The highest BCUT2D eigenvalue weighted by Gasteiger charge is 2.32. The highest BCUT2D eigenvalue weighted by molar-refractivity contribution is 7.11. The standard InChI is InChI=1S/C15H15NO4S/c1-15(2)6-9-4-3-5-11(12(9)20-15)19-7-10-8-21-13(16-10)14(17)18/h3-5,8H,6-7H2,1-2H3,(H,17,18). The maximum absolute atomic E-state index is 10.8. The summed E-state index contributed by atoms with van der Waals surface area (Å²) in [5.74, 6) is 0.427. The Bertz CT molecular complexity index is 693. The third kappa shape index (κ3) is 2.85. The molecule has 5 nitrogen and oxygen atoms in total. The van der Waals surface area contributed by atoms with E-state index in [0.29, 0.717) is 11.4 Å². The molecule has 1 aliphatic heterocycles. The normalized spacial score (nSPS) is 15.3. The predicted octanol–water partition coefficient (Wildman–Crippen LogP) is 3.13. The smallest absolute Gasteiger partial charge is 0.365 e. The van der Waals surface area contributed by atoms with E-state index in [-0.39, 0.29) is 17.2 Å². The summed E-state index contributed by atoms with van der Waals surface area (Å²) in [6, 6.07) is 5.82. The molecule has 0 radical (unpaired) electrons. The molecule has 6 heteroatoms. The lowest BCUT2D eigenvalue weighted by Gasteiger charge is -2.18. The number of hydrogen-bond acceptors (Lipinski definition) is 5. The van der Waals surface area contributed by atoms with Crippen molar-refractivity contribution in [1.82, 2.24) is 4.98 Å². The Morgan fingerprint density at radius 1 is 1.52 bits per heavy atom. The second-order valence-electron chi connectivity index (χ2n) is 5.52. The molecule has 0 spiro atoms. The quantitative estimate of drug-likeness (QED) is 0.940. The lowest BCUT2D eigenvalue weighted by molar-refractivity contribution is 0.0696. The number of carboxylic acids is 1. The molecule has 2 aromatic rings. The predicted molar refractivity (Wildman–Crippen MR) is 78.3 cm³/mol. The summed E-state index contributed by atoms with van der Waals surface area (Å²) in [6.45, 7) is 4.30. The number of aromatic carboxylic acids is 1. The van der Waals surface area contributed by atoms with Crippen molar-refractivity contribution < 1.29 is 19.4 Å². The molecule has 0 aliphatic carbocycles. The molecule has 1 N–H and O–H groups in total. The maximum atomic E-state index is 10.8. The van der Waals surface area contributed by atoms with Gasteiger partial charge in [-0.05, 0) is 19.9 Å². The van der Waals surface area contributed by atoms with Gasteiger partial charge in [0.15, 0.2) is 11.5 Å². The maximum Gasteiger partial charge on any atom is 0.365 e. The Balaban J connectivity index is 1.75. The minimum Gasteiger partial charge on any atom is -0.483 e. The molecule has 0 bridgehead atoms. The van der Waals surface area contributed by atoms with Crippen LogP contribution in [-0.4, -0.2) is 21.7 Å². The van der Waals surface area contributed by atoms with E-state index < -0.39 is 5.97 Å². The van der Waals surface area contributed by atoms with Crippen molar-refractivity contribution in [2.24, 2.45) is 0 Å². The number of para-hydroxylation sites is 1. The fourth-order valence-electron chi connectivity index (χ4n) is 2.32. The highest BCUT2D eigenvalue weighted by atomic mass is 32.1. The van der Waals surface area contributed by atoms with Crippen LogP contribution in [-0.2, 0) is 13.0 Å². The number of nitrogens with zero attached hydrogens (tertiary/aromatic N) is 1. The van der Waals surface area contributed by atoms with Crippen molar-refractivity contribution in [2.75, 3.05) is 0 Å². The van der Waals surface area contributed by atoms with Gasteiger partial charge in [0.2, 0.25) is 5.01 Å². The van der Waals surface area contributed by atoms with Crippen molar-refractivity contribution >= 4 is 17.3 Å². The second kappa shape index (κ2) is 5.04. The van der Waals surface area contributed by atoms with E-state index in [1.54, 1.807) is 5.38 Å². The van der Waals surface area contributed by atoms with Gasteiger partial charge in [0, 0.05) is 17.4 Å². The number of fused-ring (bicyclic) bond motifs is 1. The van der Waals surface area contributed by atoms with Crippen LogP contribution in [0.4, 0.5) is 0 Å². The van der Waals surface area contributed by atoms with Crippen molar-refractivity contribution in [3.63, 3.8) is 0 Å². The van der Waals surface area contributed by atoms with Crippen LogP contribution in [0, 0.1) is 0 Å². The summed E-state index contributed by atoms with van der Waals surface area (Å²) in [5, 5.41) is 10.6. The van der Waals surface area contributed by atoms with E-state index in [2.05, 4.69) is 4.98 Å². The molecule has 0 unspecified atom stereocenters. The van der Waals surface area contributed by atoms with Crippen LogP contribution in [0.3, 0.4) is 0 Å².